The van der Waals surface area contributed by atoms with Crippen LogP contribution in [0.1, 0.15) is 49.4 Å². The number of ether oxygens (including phenoxy) is 2. The van der Waals surface area contributed by atoms with Gasteiger partial charge in [-0.2, -0.15) is 0 Å². The van der Waals surface area contributed by atoms with Gasteiger partial charge < -0.3 is 19.8 Å². The first-order chi connectivity index (χ1) is 9.65. The van der Waals surface area contributed by atoms with Crippen LogP contribution in [0.15, 0.2) is 0 Å². The minimum absolute atomic E-state index is 0.237. The van der Waals surface area contributed by atoms with Crippen LogP contribution >= 0.6 is 0 Å². The van der Waals surface area contributed by atoms with Crippen LogP contribution in [0.25, 0.3) is 0 Å². The molecule has 20 heavy (non-hydrogen) atoms. The quantitative estimate of drug-likeness (QED) is 0.554. The van der Waals surface area contributed by atoms with Gasteiger partial charge in [0.1, 0.15) is 11.6 Å². The highest BCUT2D eigenvalue weighted by atomic mass is 16.5. The van der Waals surface area contributed by atoms with E-state index >= 15 is 0 Å². The van der Waals surface area contributed by atoms with Crippen molar-refractivity contribution in [1.82, 2.24) is 9.55 Å². The van der Waals surface area contributed by atoms with E-state index in [-0.39, 0.29) is 5.69 Å². The van der Waals surface area contributed by atoms with E-state index in [1.165, 1.54) is 0 Å². The number of esters is 1. The minimum Gasteiger partial charge on any atom is -0.461 e. The molecule has 6 nitrogen and oxygen atoms in total. The largest absolute Gasteiger partial charge is 0.461 e. The van der Waals surface area contributed by atoms with E-state index in [9.17, 15) is 4.79 Å². The van der Waals surface area contributed by atoms with Crippen LogP contribution in [0.2, 0.25) is 0 Å². The summed E-state index contributed by atoms with van der Waals surface area (Å²) in [6.07, 6.45) is 3.81. The Morgan fingerprint density at radius 2 is 2.05 bits per heavy atom. The van der Waals surface area contributed by atoms with E-state index in [0.717, 1.165) is 44.7 Å². The van der Waals surface area contributed by atoms with Crippen LogP contribution in [0, 0.1) is 0 Å². The minimum atomic E-state index is -0.446. The number of methoxy groups -OCH3 is 1. The first-order valence-electron chi connectivity index (χ1n) is 7.16. The molecule has 0 unspecified atom stereocenters. The Kier molecular flexibility index (Phi) is 7.08. The van der Waals surface area contributed by atoms with Crippen LogP contribution in [-0.2, 0) is 22.4 Å². The summed E-state index contributed by atoms with van der Waals surface area (Å²) >= 11 is 0. The highest BCUT2D eigenvalue weighted by molar-refractivity contribution is 5.92. The number of nitrogens with two attached hydrogens (primary N) is 1. The van der Waals surface area contributed by atoms with Crippen LogP contribution in [-0.4, -0.2) is 35.8 Å². The van der Waals surface area contributed by atoms with Gasteiger partial charge in [0.15, 0.2) is 5.69 Å². The summed E-state index contributed by atoms with van der Waals surface area (Å²) < 4.78 is 11.9. The van der Waals surface area contributed by atoms with Gasteiger partial charge in [0.25, 0.3) is 0 Å². The monoisotopic (exact) mass is 283 g/mol. The summed E-state index contributed by atoms with van der Waals surface area (Å²) in [5.41, 5.74) is 6.26. The maximum absolute atomic E-state index is 11.8. The Hall–Kier alpha value is -1.56. The zero-order valence-electron chi connectivity index (χ0n) is 12.6. The van der Waals surface area contributed by atoms with Crippen molar-refractivity contribution < 1.29 is 14.3 Å². The van der Waals surface area contributed by atoms with Gasteiger partial charge >= 0.3 is 5.97 Å². The van der Waals surface area contributed by atoms with Crippen molar-refractivity contribution in [3.05, 3.63) is 11.5 Å². The molecular weight excluding hydrogens is 258 g/mol. The van der Waals surface area contributed by atoms with Crippen LogP contribution < -0.4 is 5.73 Å². The number of hydrogen-bond acceptors (Lipinski definition) is 5. The lowest BCUT2D eigenvalue weighted by atomic mass is 10.2. The van der Waals surface area contributed by atoms with Crippen molar-refractivity contribution in [3.63, 3.8) is 0 Å². The smallest absolute Gasteiger partial charge is 0.360 e. The first kappa shape index (κ1) is 16.5. The van der Waals surface area contributed by atoms with Gasteiger partial charge in [0, 0.05) is 26.7 Å². The Bertz CT molecular complexity index is 430. The molecular formula is C14H25N3O3. The molecule has 6 heteroatoms. The first-order valence-corrected chi connectivity index (χ1v) is 7.16. The number of imidazole rings is 1. The van der Waals surface area contributed by atoms with Gasteiger partial charge in [-0.25, -0.2) is 9.78 Å². The molecule has 0 atom stereocenters. The summed E-state index contributed by atoms with van der Waals surface area (Å²) in [4.78, 5) is 16.1. The Balaban J connectivity index is 2.71. The lowest BCUT2D eigenvalue weighted by Gasteiger charge is -2.08. The van der Waals surface area contributed by atoms with Crippen molar-refractivity contribution >= 4 is 11.8 Å². The highest BCUT2D eigenvalue weighted by Crippen LogP contribution is 2.17. The molecule has 0 aromatic carbocycles. The lowest BCUT2D eigenvalue weighted by molar-refractivity contribution is 0.0521. The molecule has 0 saturated heterocycles. The number of aromatic nitrogens is 2. The SMILES string of the molecule is CCOC(=O)c1nc(CC)n(CCCCCOC)c1N. The third kappa shape index (κ3) is 4.23. The number of aryl methyl sites for hydroxylation is 1. The van der Waals surface area contributed by atoms with E-state index in [0.29, 0.717) is 12.4 Å². The van der Waals surface area contributed by atoms with Crippen LogP contribution in [0.3, 0.4) is 0 Å². The topological polar surface area (TPSA) is 79.4 Å². The van der Waals surface area contributed by atoms with Crippen molar-refractivity contribution in [2.24, 2.45) is 0 Å². The second-order valence-electron chi connectivity index (χ2n) is 4.54. The van der Waals surface area contributed by atoms with Gasteiger partial charge in [0.2, 0.25) is 0 Å². The molecule has 0 spiro atoms. The normalized spacial score (nSPS) is 10.8. The summed E-state index contributed by atoms with van der Waals surface area (Å²) in [6, 6.07) is 0. The molecule has 0 radical (unpaired) electrons. The number of carbonyl (C=O) groups is 1. The lowest BCUT2D eigenvalue weighted by Crippen LogP contribution is -2.10. The number of rotatable bonds is 9. The van der Waals surface area contributed by atoms with Gasteiger partial charge in [-0.3, -0.25) is 0 Å². The summed E-state index contributed by atoms with van der Waals surface area (Å²) in [5.74, 6) is 0.794. The molecule has 1 rings (SSSR count). The van der Waals surface area contributed by atoms with Crippen molar-refractivity contribution in [1.29, 1.82) is 0 Å². The van der Waals surface area contributed by atoms with Gasteiger partial charge in [-0.15, -0.1) is 0 Å². The van der Waals surface area contributed by atoms with Crippen LogP contribution in [0.5, 0.6) is 0 Å². The van der Waals surface area contributed by atoms with E-state index in [1.54, 1.807) is 14.0 Å². The predicted octanol–water partition coefficient (Wildman–Crippen LogP) is 2.02. The molecule has 114 valence electrons. The second-order valence-corrected chi connectivity index (χ2v) is 4.54. The molecule has 1 heterocycles. The van der Waals surface area contributed by atoms with Crippen molar-refractivity contribution in [2.75, 3.05) is 26.1 Å². The maximum atomic E-state index is 11.8. The molecule has 2 N–H and O–H groups in total. The Morgan fingerprint density at radius 1 is 1.30 bits per heavy atom. The van der Waals surface area contributed by atoms with Crippen LogP contribution in [0.4, 0.5) is 5.82 Å². The summed E-state index contributed by atoms with van der Waals surface area (Å²) in [5, 5.41) is 0. The number of anilines is 1. The van der Waals surface area contributed by atoms with Gasteiger partial charge in [0.05, 0.1) is 6.61 Å². The molecule has 1 aromatic rings. The molecule has 1 aromatic heterocycles. The van der Waals surface area contributed by atoms with E-state index in [2.05, 4.69) is 4.98 Å². The molecule has 0 fully saturated rings. The van der Waals surface area contributed by atoms with Crippen molar-refractivity contribution in [3.8, 4) is 0 Å². The molecule has 0 aliphatic heterocycles. The zero-order chi connectivity index (χ0) is 15.0. The standard InChI is InChI=1S/C14H25N3O3/c1-4-11-16-12(14(18)20-5-2)13(15)17(11)9-7-6-8-10-19-3/h4-10,15H2,1-3H3. The van der Waals surface area contributed by atoms with E-state index in [4.69, 9.17) is 15.2 Å². The number of unbranched alkanes of at least 4 members (excludes halogenated alkanes) is 2. The Labute approximate surface area is 120 Å². The van der Waals surface area contributed by atoms with E-state index in [1.807, 2.05) is 11.5 Å². The summed E-state index contributed by atoms with van der Waals surface area (Å²) in [7, 11) is 1.70. The molecule has 0 amide bonds. The maximum Gasteiger partial charge on any atom is 0.360 e. The average molecular weight is 283 g/mol. The second kappa shape index (κ2) is 8.58. The van der Waals surface area contributed by atoms with E-state index < -0.39 is 5.97 Å². The third-order valence-corrected chi connectivity index (χ3v) is 3.10. The fraction of sp³-hybridized carbons (Fsp3) is 0.714. The molecule has 0 aliphatic rings. The summed E-state index contributed by atoms with van der Waals surface area (Å²) in [6.45, 7) is 5.63. The van der Waals surface area contributed by atoms with Crippen molar-refractivity contribution in [2.45, 2.75) is 46.1 Å². The number of carbonyl (C=O) groups excluding carboxylic acids is 1. The molecule has 0 aliphatic carbocycles. The van der Waals surface area contributed by atoms with Gasteiger partial charge in [-0.1, -0.05) is 6.92 Å². The number of nitrogens with zero attached hydrogens (tertiary/aromatic N) is 2. The molecule has 0 bridgehead atoms. The molecule has 0 saturated carbocycles. The zero-order valence-corrected chi connectivity index (χ0v) is 12.6. The van der Waals surface area contributed by atoms with Gasteiger partial charge in [-0.05, 0) is 26.2 Å². The predicted molar refractivity (Wildman–Crippen MR) is 77.7 cm³/mol. The Morgan fingerprint density at radius 3 is 2.65 bits per heavy atom. The fourth-order valence-electron chi connectivity index (χ4n) is 2.08. The number of hydrogen-bond donors (Lipinski definition) is 1. The highest BCUT2D eigenvalue weighted by Gasteiger charge is 2.20. The third-order valence-electron chi connectivity index (χ3n) is 3.10. The average Bonchev–Trinajstić information content (AvgIpc) is 2.76. The number of nitrogen functional groups attached to an aromatic ring is 1. The fourth-order valence-corrected chi connectivity index (χ4v) is 2.08.